The van der Waals surface area contributed by atoms with Crippen LogP contribution < -0.4 is 5.32 Å². The van der Waals surface area contributed by atoms with E-state index in [1.165, 1.54) is 0 Å². The van der Waals surface area contributed by atoms with Crippen LogP contribution in [0.3, 0.4) is 0 Å². The van der Waals surface area contributed by atoms with Crippen LogP contribution in [0.15, 0.2) is 30.3 Å². The van der Waals surface area contributed by atoms with Gasteiger partial charge in [0.15, 0.2) is 0 Å². The molecule has 1 saturated carbocycles. The first-order valence-electron chi connectivity index (χ1n) is 7.44. The van der Waals surface area contributed by atoms with Gasteiger partial charge >= 0.3 is 0 Å². The van der Waals surface area contributed by atoms with E-state index in [2.05, 4.69) is 5.32 Å². The van der Waals surface area contributed by atoms with Crippen LogP contribution in [0.1, 0.15) is 30.9 Å². The summed E-state index contributed by atoms with van der Waals surface area (Å²) < 4.78 is 0. The van der Waals surface area contributed by atoms with E-state index in [-0.39, 0.29) is 30.8 Å². The standard InChI is InChI=1S/C16H20N2O3/c19-10-14(11-4-2-1-3-5-11)17-16(21)12-8-15(20)18(9-12)13-6-7-13/h1-5,12-14,19H,6-10H2,(H,17,21). The van der Waals surface area contributed by atoms with Gasteiger partial charge in [-0.3, -0.25) is 9.59 Å². The number of aliphatic hydroxyl groups is 1. The van der Waals surface area contributed by atoms with Crippen molar-refractivity contribution >= 4 is 11.8 Å². The molecule has 0 aromatic heterocycles. The molecule has 0 spiro atoms. The van der Waals surface area contributed by atoms with Crippen LogP contribution in [0.25, 0.3) is 0 Å². The Morgan fingerprint density at radius 2 is 2.05 bits per heavy atom. The summed E-state index contributed by atoms with van der Waals surface area (Å²) in [5, 5.41) is 12.3. The van der Waals surface area contributed by atoms with Crippen molar-refractivity contribution in [1.82, 2.24) is 10.2 Å². The number of nitrogens with one attached hydrogen (secondary N) is 1. The molecule has 2 unspecified atom stereocenters. The summed E-state index contributed by atoms with van der Waals surface area (Å²) in [6, 6.07) is 9.33. The lowest BCUT2D eigenvalue weighted by atomic mass is 10.0. The van der Waals surface area contributed by atoms with Crippen LogP contribution in [0, 0.1) is 5.92 Å². The smallest absolute Gasteiger partial charge is 0.225 e. The fourth-order valence-corrected chi connectivity index (χ4v) is 2.86. The number of carbonyl (C=O) groups excluding carboxylic acids is 2. The van der Waals surface area contributed by atoms with Crippen molar-refractivity contribution in [2.24, 2.45) is 5.92 Å². The number of carbonyl (C=O) groups is 2. The minimum atomic E-state index is -0.413. The van der Waals surface area contributed by atoms with Gasteiger partial charge in [0.25, 0.3) is 0 Å². The Labute approximate surface area is 123 Å². The first-order chi connectivity index (χ1) is 10.2. The predicted molar refractivity (Wildman–Crippen MR) is 77.3 cm³/mol. The number of benzene rings is 1. The highest BCUT2D eigenvalue weighted by molar-refractivity contribution is 5.89. The highest BCUT2D eigenvalue weighted by atomic mass is 16.3. The van der Waals surface area contributed by atoms with Crippen LogP contribution in [-0.4, -0.2) is 41.0 Å². The number of hydrogen-bond donors (Lipinski definition) is 2. The first kappa shape index (κ1) is 14.1. The van der Waals surface area contributed by atoms with E-state index in [1.54, 1.807) is 0 Å². The van der Waals surface area contributed by atoms with Gasteiger partial charge in [-0.05, 0) is 18.4 Å². The highest BCUT2D eigenvalue weighted by Crippen LogP contribution is 2.32. The van der Waals surface area contributed by atoms with E-state index in [0.717, 1.165) is 18.4 Å². The van der Waals surface area contributed by atoms with Gasteiger partial charge in [0.05, 0.1) is 18.6 Å². The molecule has 0 radical (unpaired) electrons. The van der Waals surface area contributed by atoms with Crippen LogP contribution in [0.4, 0.5) is 0 Å². The van der Waals surface area contributed by atoms with Gasteiger partial charge in [-0.15, -0.1) is 0 Å². The quantitative estimate of drug-likeness (QED) is 0.844. The summed E-state index contributed by atoms with van der Waals surface area (Å²) >= 11 is 0. The van der Waals surface area contributed by atoms with Gasteiger partial charge in [-0.1, -0.05) is 30.3 Å². The molecule has 1 heterocycles. The average molecular weight is 288 g/mol. The number of aliphatic hydroxyl groups excluding tert-OH is 1. The normalized spacial score (nSPS) is 23.2. The number of hydrogen-bond acceptors (Lipinski definition) is 3. The molecule has 2 aliphatic rings. The molecule has 0 bridgehead atoms. The number of likely N-dealkylation sites (tertiary alicyclic amines) is 1. The summed E-state index contributed by atoms with van der Waals surface area (Å²) in [5.41, 5.74) is 0.872. The SMILES string of the molecule is O=C(NC(CO)c1ccccc1)C1CC(=O)N(C2CC2)C1. The maximum absolute atomic E-state index is 12.3. The van der Waals surface area contributed by atoms with E-state index >= 15 is 0 Å². The van der Waals surface area contributed by atoms with Crippen LogP contribution in [0.2, 0.25) is 0 Å². The third kappa shape index (κ3) is 3.08. The molecular weight excluding hydrogens is 268 g/mol. The summed E-state index contributed by atoms with van der Waals surface area (Å²) in [5.74, 6) is -0.358. The molecule has 2 N–H and O–H groups in total. The first-order valence-corrected chi connectivity index (χ1v) is 7.44. The zero-order chi connectivity index (χ0) is 14.8. The van der Waals surface area contributed by atoms with Gasteiger partial charge in [0, 0.05) is 19.0 Å². The molecule has 1 aromatic rings. The molecule has 1 saturated heterocycles. The van der Waals surface area contributed by atoms with Crippen molar-refractivity contribution in [2.75, 3.05) is 13.2 Å². The Morgan fingerprint density at radius 1 is 1.33 bits per heavy atom. The Kier molecular flexibility index (Phi) is 3.92. The fourth-order valence-electron chi connectivity index (χ4n) is 2.86. The molecule has 1 aliphatic carbocycles. The van der Waals surface area contributed by atoms with Gasteiger partial charge in [0.2, 0.25) is 11.8 Å². The van der Waals surface area contributed by atoms with Gasteiger partial charge in [-0.2, -0.15) is 0 Å². The van der Waals surface area contributed by atoms with Crippen molar-refractivity contribution < 1.29 is 14.7 Å². The largest absolute Gasteiger partial charge is 0.394 e. The van der Waals surface area contributed by atoms with Gasteiger partial charge < -0.3 is 15.3 Å². The van der Waals surface area contributed by atoms with Gasteiger partial charge in [0.1, 0.15) is 0 Å². The number of amides is 2. The number of rotatable bonds is 5. The Hall–Kier alpha value is -1.88. The zero-order valence-electron chi connectivity index (χ0n) is 11.9. The van der Waals surface area contributed by atoms with Crippen molar-refractivity contribution in [3.8, 4) is 0 Å². The lowest BCUT2D eigenvalue weighted by Gasteiger charge is -2.19. The second kappa shape index (κ2) is 5.85. The summed E-state index contributed by atoms with van der Waals surface area (Å²) in [6.07, 6.45) is 2.40. The average Bonchev–Trinajstić information content (AvgIpc) is 3.28. The lowest BCUT2D eigenvalue weighted by Crippen LogP contribution is -2.37. The van der Waals surface area contributed by atoms with E-state index in [1.807, 2.05) is 35.2 Å². The van der Waals surface area contributed by atoms with Crippen molar-refractivity contribution in [1.29, 1.82) is 0 Å². The van der Waals surface area contributed by atoms with Crippen molar-refractivity contribution in [2.45, 2.75) is 31.3 Å². The topological polar surface area (TPSA) is 69.6 Å². The number of nitrogens with zero attached hydrogens (tertiary/aromatic N) is 1. The lowest BCUT2D eigenvalue weighted by molar-refractivity contribution is -0.129. The second-order valence-corrected chi connectivity index (χ2v) is 5.83. The molecule has 5 heteroatoms. The molecule has 1 aliphatic heterocycles. The molecular formula is C16H20N2O3. The van der Waals surface area contributed by atoms with Crippen LogP contribution in [-0.2, 0) is 9.59 Å². The molecule has 1 aromatic carbocycles. The fraction of sp³-hybridized carbons (Fsp3) is 0.500. The minimum absolute atomic E-state index is 0.0814. The van der Waals surface area contributed by atoms with Gasteiger partial charge in [-0.25, -0.2) is 0 Å². The van der Waals surface area contributed by atoms with Crippen molar-refractivity contribution in [3.05, 3.63) is 35.9 Å². The molecule has 5 nitrogen and oxygen atoms in total. The summed E-state index contributed by atoms with van der Waals surface area (Å²) in [6.45, 7) is 0.366. The van der Waals surface area contributed by atoms with Crippen LogP contribution in [0.5, 0.6) is 0 Å². The Morgan fingerprint density at radius 3 is 2.67 bits per heavy atom. The molecule has 112 valence electrons. The maximum atomic E-state index is 12.3. The van der Waals surface area contributed by atoms with E-state index in [0.29, 0.717) is 12.6 Å². The summed E-state index contributed by atoms with van der Waals surface area (Å²) in [7, 11) is 0. The minimum Gasteiger partial charge on any atom is -0.394 e. The molecule has 3 rings (SSSR count). The third-order valence-corrected chi connectivity index (χ3v) is 4.22. The maximum Gasteiger partial charge on any atom is 0.225 e. The Bertz CT molecular complexity index is 528. The molecule has 2 atom stereocenters. The van der Waals surface area contributed by atoms with Crippen LogP contribution >= 0.6 is 0 Å². The summed E-state index contributed by atoms with van der Waals surface area (Å²) in [4.78, 5) is 26.0. The molecule has 2 fully saturated rings. The molecule has 21 heavy (non-hydrogen) atoms. The van der Waals surface area contributed by atoms with E-state index in [4.69, 9.17) is 0 Å². The second-order valence-electron chi connectivity index (χ2n) is 5.83. The predicted octanol–water partition coefficient (Wildman–Crippen LogP) is 0.847. The molecule has 2 amide bonds. The highest BCUT2D eigenvalue weighted by Gasteiger charge is 2.41. The third-order valence-electron chi connectivity index (χ3n) is 4.22. The Balaban J connectivity index is 1.61. The van der Waals surface area contributed by atoms with E-state index < -0.39 is 6.04 Å². The zero-order valence-corrected chi connectivity index (χ0v) is 11.9. The van der Waals surface area contributed by atoms with Crippen molar-refractivity contribution in [3.63, 3.8) is 0 Å². The van der Waals surface area contributed by atoms with E-state index in [9.17, 15) is 14.7 Å². The monoisotopic (exact) mass is 288 g/mol.